The van der Waals surface area contributed by atoms with E-state index in [2.05, 4.69) is 9.98 Å². The van der Waals surface area contributed by atoms with E-state index in [4.69, 9.17) is 19.9 Å². The predicted molar refractivity (Wildman–Crippen MR) is 79.5 cm³/mol. The van der Waals surface area contributed by atoms with Crippen LogP contribution in [0.25, 0.3) is 0 Å². The van der Waals surface area contributed by atoms with Gasteiger partial charge in [0.15, 0.2) is 18.3 Å². The van der Waals surface area contributed by atoms with Crippen molar-refractivity contribution in [1.82, 2.24) is 4.90 Å². The van der Waals surface area contributed by atoms with E-state index in [1.807, 2.05) is 24.0 Å². The van der Waals surface area contributed by atoms with Crippen LogP contribution in [0.15, 0.2) is 22.1 Å². The molecule has 0 spiro atoms. The summed E-state index contributed by atoms with van der Waals surface area (Å²) in [6.45, 7) is 4.14. The van der Waals surface area contributed by atoms with Gasteiger partial charge in [-0.25, -0.2) is 4.99 Å². The molecule has 0 saturated carbocycles. The summed E-state index contributed by atoms with van der Waals surface area (Å²) in [6.07, 6.45) is 0. The highest BCUT2D eigenvalue weighted by Crippen LogP contribution is 2.42. The molecule has 0 saturated heterocycles. The topological polar surface area (TPSA) is 81.7 Å². The fourth-order valence-electron chi connectivity index (χ4n) is 2.42. The third-order valence-corrected chi connectivity index (χ3v) is 3.39. The van der Waals surface area contributed by atoms with Crippen LogP contribution in [0.2, 0.25) is 0 Å². The Bertz CT molecular complexity index is 612. The molecule has 1 aromatic carbocycles. The number of benzene rings is 1. The van der Waals surface area contributed by atoms with Gasteiger partial charge in [0.05, 0.1) is 13.7 Å². The molecule has 7 nitrogen and oxygen atoms in total. The molecule has 2 heterocycles. The maximum absolute atomic E-state index is 6.00. The molecule has 112 valence electrons. The zero-order chi connectivity index (χ0) is 14.8. The molecule has 0 aliphatic carbocycles. The van der Waals surface area contributed by atoms with Crippen molar-refractivity contribution >= 4 is 17.5 Å². The number of fused-ring (bicyclic) bond motifs is 3. The van der Waals surface area contributed by atoms with Gasteiger partial charge >= 0.3 is 0 Å². The number of ether oxygens (including phenoxy) is 3. The maximum atomic E-state index is 6.00. The van der Waals surface area contributed by atoms with Crippen molar-refractivity contribution in [2.75, 3.05) is 33.6 Å². The van der Waals surface area contributed by atoms with Crippen LogP contribution < -0.4 is 15.2 Å². The fraction of sp³-hybridized carbons (Fsp3) is 0.429. The summed E-state index contributed by atoms with van der Waals surface area (Å²) < 4.78 is 16.2. The number of rotatable bonds is 5. The van der Waals surface area contributed by atoms with Gasteiger partial charge < -0.3 is 19.9 Å². The third-order valence-electron chi connectivity index (χ3n) is 3.39. The first kappa shape index (κ1) is 13.7. The Hall–Kier alpha value is -2.28. The zero-order valence-corrected chi connectivity index (χ0v) is 12.1. The summed E-state index contributed by atoms with van der Waals surface area (Å²) in [5.41, 5.74) is 7.56. The molecule has 0 fully saturated rings. The highest BCUT2D eigenvalue weighted by molar-refractivity contribution is 6.16. The smallest absolute Gasteiger partial charge is 0.202 e. The van der Waals surface area contributed by atoms with E-state index in [0.29, 0.717) is 29.8 Å². The Morgan fingerprint density at radius 3 is 3.00 bits per heavy atom. The number of amidine groups is 1. The van der Waals surface area contributed by atoms with Crippen LogP contribution in [0, 0.1) is 0 Å². The van der Waals surface area contributed by atoms with Crippen molar-refractivity contribution in [2.24, 2.45) is 15.7 Å². The molecule has 2 aliphatic heterocycles. The third kappa shape index (κ3) is 2.29. The highest BCUT2D eigenvalue weighted by Gasteiger charge is 2.31. The molecule has 1 aromatic rings. The quantitative estimate of drug-likeness (QED) is 0.648. The number of methoxy groups -OCH3 is 1. The average Bonchev–Trinajstić information content (AvgIpc) is 2.97. The first-order valence-electron chi connectivity index (χ1n) is 6.84. The van der Waals surface area contributed by atoms with Crippen LogP contribution in [0.5, 0.6) is 11.5 Å². The molecule has 21 heavy (non-hydrogen) atoms. The van der Waals surface area contributed by atoms with Gasteiger partial charge in [-0.15, -0.1) is 0 Å². The van der Waals surface area contributed by atoms with Crippen LogP contribution in [-0.4, -0.2) is 50.3 Å². The molecule has 2 aliphatic rings. The molecule has 3 rings (SSSR count). The molecular weight excluding hydrogens is 272 g/mol. The number of hydrogen-bond donors (Lipinski definition) is 1. The van der Waals surface area contributed by atoms with Crippen LogP contribution in [0.4, 0.5) is 5.69 Å². The lowest BCUT2D eigenvalue weighted by molar-refractivity contribution is 0.0209. The lowest BCUT2D eigenvalue weighted by Crippen LogP contribution is -2.42. The van der Waals surface area contributed by atoms with Crippen molar-refractivity contribution in [1.29, 1.82) is 0 Å². The summed E-state index contributed by atoms with van der Waals surface area (Å²) in [7, 11) is 1.58. The Morgan fingerprint density at radius 1 is 1.38 bits per heavy atom. The minimum atomic E-state index is 0.165. The van der Waals surface area contributed by atoms with Crippen molar-refractivity contribution in [3.63, 3.8) is 0 Å². The number of hydrogen-bond acceptors (Lipinski definition) is 7. The standard InChI is InChI=1S/C14H18N4O3/c1-3-20-8-21-10-5-4-9-11(12(10)19-2)17-14(15)18-7-6-16-13(9)18/h4-5H,3,6-8H2,1-2H3,(H2,15,17). The Kier molecular flexibility index (Phi) is 3.66. The van der Waals surface area contributed by atoms with Gasteiger partial charge in [0.2, 0.25) is 5.96 Å². The van der Waals surface area contributed by atoms with E-state index in [9.17, 15) is 0 Å². The van der Waals surface area contributed by atoms with Crippen molar-refractivity contribution in [3.05, 3.63) is 17.7 Å². The minimum Gasteiger partial charge on any atom is -0.491 e. The number of nitrogens with zero attached hydrogens (tertiary/aromatic N) is 3. The highest BCUT2D eigenvalue weighted by atomic mass is 16.7. The minimum absolute atomic E-state index is 0.165. The zero-order valence-electron chi connectivity index (χ0n) is 12.1. The van der Waals surface area contributed by atoms with Gasteiger partial charge in [-0.2, -0.15) is 0 Å². The number of nitrogens with two attached hydrogens (primary N) is 1. The Morgan fingerprint density at radius 2 is 2.24 bits per heavy atom. The van der Waals surface area contributed by atoms with Crippen molar-refractivity contribution in [3.8, 4) is 11.5 Å². The van der Waals surface area contributed by atoms with E-state index >= 15 is 0 Å². The van der Waals surface area contributed by atoms with Gasteiger partial charge in [-0.05, 0) is 19.1 Å². The van der Waals surface area contributed by atoms with Crippen LogP contribution in [0.3, 0.4) is 0 Å². The molecule has 0 bridgehead atoms. The molecular formula is C14H18N4O3. The molecule has 0 unspecified atom stereocenters. The molecule has 0 radical (unpaired) electrons. The van der Waals surface area contributed by atoms with Gasteiger partial charge in [-0.3, -0.25) is 9.89 Å². The molecule has 0 aromatic heterocycles. The normalized spacial score (nSPS) is 16.0. The molecule has 0 amide bonds. The Balaban J connectivity index is 2.02. The van der Waals surface area contributed by atoms with E-state index in [1.165, 1.54) is 0 Å². The predicted octanol–water partition coefficient (Wildman–Crippen LogP) is 1.09. The summed E-state index contributed by atoms with van der Waals surface area (Å²) >= 11 is 0. The number of aliphatic imine (C=N–C) groups is 2. The maximum Gasteiger partial charge on any atom is 0.202 e. The van der Waals surface area contributed by atoms with E-state index in [0.717, 1.165) is 24.5 Å². The first-order chi connectivity index (χ1) is 10.3. The second-order valence-corrected chi connectivity index (χ2v) is 4.58. The van der Waals surface area contributed by atoms with E-state index < -0.39 is 0 Å². The van der Waals surface area contributed by atoms with Crippen molar-refractivity contribution in [2.45, 2.75) is 6.92 Å². The van der Waals surface area contributed by atoms with Gasteiger partial charge in [0.25, 0.3) is 0 Å². The van der Waals surface area contributed by atoms with Gasteiger partial charge in [0.1, 0.15) is 11.5 Å². The lowest BCUT2D eigenvalue weighted by atomic mass is 10.1. The summed E-state index contributed by atoms with van der Waals surface area (Å²) in [5, 5.41) is 0. The fourth-order valence-corrected chi connectivity index (χ4v) is 2.42. The second-order valence-electron chi connectivity index (χ2n) is 4.58. The van der Waals surface area contributed by atoms with E-state index in [1.54, 1.807) is 7.11 Å². The molecule has 0 atom stereocenters. The summed E-state index contributed by atoms with van der Waals surface area (Å²) in [5.74, 6) is 2.39. The van der Waals surface area contributed by atoms with Crippen molar-refractivity contribution < 1.29 is 14.2 Å². The van der Waals surface area contributed by atoms with Gasteiger partial charge in [-0.1, -0.05) is 0 Å². The lowest BCUT2D eigenvalue weighted by Gasteiger charge is -2.26. The second kappa shape index (κ2) is 5.61. The SMILES string of the molecule is CCOCOc1ccc2c(c1OC)N=C(N)N1CCN=C21. The van der Waals surface area contributed by atoms with Gasteiger partial charge in [0, 0.05) is 18.7 Å². The number of guanidine groups is 1. The first-order valence-corrected chi connectivity index (χ1v) is 6.84. The average molecular weight is 290 g/mol. The van der Waals surface area contributed by atoms with Crippen LogP contribution >= 0.6 is 0 Å². The van der Waals surface area contributed by atoms with Crippen LogP contribution in [-0.2, 0) is 4.74 Å². The molecule has 2 N–H and O–H groups in total. The Labute approximate surface area is 123 Å². The largest absolute Gasteiger partial charge is 0.491 e. The monoisotopic (exact) mass is 290 g/mol. The summed E-state index contributed by atoms with van der Waals surface area (Å²) in [6, 6.07) is 3.76. The molecule has 7 heteroatoms. The summed E-state index contributed by atoms with van der Waals surface area (Å²) in [4.78, 5) is 10.8. The van der Waals surface area contributed by atoms with Crippen LogP contribution in [0.1, 0.15) is 12.5 Å². The van der Waals surface area contributed by atoms with E-state index in [-0.39, 0.29) is 6.79 Å².